The van der Waals surface area contributed by atoms with E-state index in [1.165, 1.54) is 23.1 Å². The number of benzene rings is 1. The molecule has 4 heteroatoms. The second-order valence-electron chi connectivity index (χ2n) is 3.46. The Bertz CT molecular complexity index is 411. The normalized spacial score (nSPS) is 15.7. The van der Waals surface area contributed by atoms with Gasteiger partial charge in [0.15, 0.2) is 0 Å². The fourth-order valence-corrected chi connectivity index (χ4v) is 1.50. The predicted octanol–water partition coefficient (Wildman–Crippen LogP) is 1.61. The van der Waals surface area contributed by atoms with Gasteiger partial charge in [-0.1, -0.05) is 12.1 Å². The lowest BCUT2D eigenvalue weighted by atomic mass is 10.2. The van der Waals surface area contributed by atoms with Gasteiger partial charge in [-0.25, -0.2) is 4.39 Å². The van der Waals surface area contributed by atoms with Gasteiger partial charge in [-0.15, -0.1) is 0 Å². The van der Waals surface area contributed by atoms with Gasteiger partial charge in [0.1, 0.15) is 11.6 Å². The van der Waals surface area contributed by atoms with Crippen LogP contribution in [0.3, 0.4) is 0 Å². The number of aliphatic hydroxyl groups is 1. The minimum atomic E-state index is -0.299. The van der Waals surface area contributed by atoms with E-state index in [1.54, 1.807) is 12.1 Å². The van der Waals surface area contributed by atoms with Crippen LogP contribution in [0.4, 0.5) is 4.39 Å². The molecule has 0 saturated carbocycles. The molecular formula is C11H10FNO2. The Balaban J connectivity index is 2.04. The van der Waals surface area contributed by atoms with Crippen molar-refractivity contribution >= 4 is 5.91 Å². The number of aliphatic hydroxyl groups excluding tert-OH is 1. The summed E-state index contributed by atoms with van der Waals surface area (Å²) in [5.74, 6) is -0.439. The van der Waals surface area contributed by atoms with Crippen LogP contribution in [-0.2, 0) is 11.3 Å². The Hall–Kier alpha value is -1.84. The summed E-state index contributed by atoms with van der Waals surface area (Å²) >= 11 is 0. The summed E-state index contributed by atoms with van der Waals surface area (Å²) in [5, 5.41) is 9.13. The molecule has 1 aromatic rings. The van der Waals surface area contributed by atoms with Crippen LogP contribution in [0.25, 0.3) is 0 Å². The Kier molecular flexibility index (Phi) is 2.41. The van der Waals surface area contributed by atoms with E-state index in [1.807, 2.05) is 0 Å². The predicted molar refractivity (Wildman–Crippen MR) is 52.5 cm³/mol. The number of carbonyl (C=O) groups excluding carboxylic acids is 1. The van der Waals surface area contributed by atoms with Gasteiger partial charge in [0.2, 0.25) is 0 Å². The lowest BCUT2D eigenvalue weighted by Crippen LogP contribution is -2.25. The molecule has 1 heterocycles. The average Bonchev–Trinajstić information content (AvgIpc) is 2.49. The molecule has 1 aromatic carbocycles. The largest absolute Gasteiger partial charge is 0.510 e. The second kappa shape index (κ2) is 3.73. The Morgan fingerprint density at radius 3 is 2.53 bits per heavy atom. The van der Waals surface area contributed by atoms with Crippen molar-refractivity contribution < 1.29 is 14.3 Å². The minimum absolute atomic E-state index is 0.0714. The number of hydrogen-bond acceptors (Lipinski definition) is 2. The molecule has 0 radical (unpaired) electrons. The molecule has 0 aliphatic carbocycles. The van der Waals surface area contributed by atoms with Crippen molar-refractivity contribution in [3.8, 4) is 0 Å². The Labute approximate surface area is 86.4 Å². The van der Waals surface area contributed by atoms with Crippen molar-refractivity contribution in [3.63, 3.8) is 0 Å². The van der Waals surface area contributed by atoms with E-state index in [4.69, 9.17) is 5.11 Å². The first kappa shape index (κ1) is 9.71. The number of amides is 1. The lowest BCUT2D eigenvalue weighted by Gasteiger charge is -2.15. The maximum Gasteiger partial charge on any atom is 0.250 e. The van der Waals surface area contributed by atoms with E-state index in [0.29, 0.717) is 6.54 Å². The van der Waals surface area contributed by atoms with Crippen molar-refractivity contribution in [2.75, 3.05) is 6.54 Å². The van der Waals surface area contributed by atoms with Gasteiger partial charge in [-0.3, -0.25) is 4.79 Å². The van der Waals surface area contributed by atoms with Crippen LogP contribution in [0.5, 0.6) is 0 Å². The van der Waals surface area contributed by atoms with Crippen LogP contribution in [-0.4, -0.2) is 22.5 Å². The molecule has 0 fully saturated rings. The average molecular weight is 207 g/mol. The molecule has 3 nitrogen and oxygen atoms in total. The molecule has 1 aliphatic rings. The molecule has 1 aliphatic heterocycles. The van der Waals surface area contributed by atoms with Crippen molar-refractivity contribution in [1.82, 2.24) is 4.90 Å². The van der Waals surface area contributed by atoms with Crippen molar-refractivity contribution in [2.45, 2.75) is 6.54 Å². The first-order chi connectivity index (χ1) is 7.15. The lowest BCUT2D eigenvalue weighted by molar-refractivity contribution is -0.125. The van der Waals surface area contributed by atoms with Crippen LogP contribution in [0.15, 0.2) is 36.1 Å². The standard InChI is InChI=1S/C11H10FNO2/c12-9-3-1-8(2-4-9)6-13-7-10(14)5-11(13)15/h1-5,14H,6-7H2. The molecular weight excluding hydrogens is 197 g/mol. The Morgan fingerprint density at radius 2 is 2.00 bits per heavy atom. The van der Waals surface area contributed by atoms with Gasteiger partial charge in [0, 0.05) is 12.6 Å². The van der Waals surface area contributed by atoms with Gasteiger partial charge in [-0.05, 0) is 17.7 Å². The SMILES string of the molecule is O=C1C=C(O)CN1Cc1ccc(F)cc1. The summed E-state index contributed by atoms with van der Waals surface area (Å²) in [6.07, 6.45) is 1.20. The van der Waals surface area contributed by atoms with Crippen LogP contribution in [0.2, 0.25) is 0 Å². The molecule has 0 unspecified atom stereocenters. The van der Waals surface area contributed by atoms with Crippen molar-refractivity contribution in [1.29, 1.82) is 0 Å². The van der Waals surface area contributed by atoms with E-state index in [9.17, 15) is 9.18 Å². The van der Waals surface area contributed by atoms with Crippen LogP contribution < -0.4 is 0 Å². The van der Waals surface area contributed by atoms with Gasteiger partial charge >= 0.3 is 0 Å². The monoisotopic (exact) mass is 207 g/mol. The zero-order valence-electron chi connectivity index (χ0n) is 7.98. The van der Waals surface area contributed by atoms with Crippen LogP contribution in [0.1, 0.15) is 5.56 Å². The van der Waals surface area contributed by atoms with Gasteiger partial charge in [0.25, 0.3) is 5.91 Å². The van der Waals surface area contributed by atoms with Crippen LogP contribution in [0, 0.1) is 5.82 Å². The van der Waals surface area contributed by atoms with Crippen molar-refractivity contribution in [2.24, 2.45) is 0 Å². The molecule has 78 valence electrons. The molecule has 2 rings (SSSR count). The molecule has 0 aromatic heterocycles. The topological polar surface area (TPSA) is 40.5 Å². The maximum atomic E-state index is 12.6. The van der Waals surface area contributed by atoms with Gasteiger partial charge in [-0.2, -0.15) is 0 Å². The molecule has 0 saturated heterocycles. The number of carbonyl (C=O) groups is 1. The molecule has 1 amide bonds. The van der Waals surface area contributed by atoms with E-state index in [-0.39, 0.29) is 24.0 Å². The highest BCUT2D eigenvalue weighted by atomic mass is 19.1. The molecule has 0 atom stereocenters. The van der Waals surface area contributed by atoms with E-state index in [0.717, 1.165) is 5.56 Å². The summed E-state index contributed by atoms with van der Waals surface area (Å²) < 4.78 is 12.6. The molecule has 0 spiro atoms. The number of rotatable bonds is 2. The first-order valence-corrected chi connectivity index (χ1v) is 4.58. The van der Waals surface area contributed by atoms with Gasteiger partial charge < -0.3 is 10.0 Å². The molecule has 15 heavy (non-hydrogen) atoms. The first-order valence-electron chi connectivity index (χ1n) is 4.58. The highest BCUT2D eigenvalue weighted by Crippen LogP contribution is 2.13. The zero-order chi connectivity index (χ0) is 10.8. The Morgan fingerprint density at radius 1 is 1.33 bits per heavy atom. The smallest absolute Gasteiger partial charge is 0.250 e. The summed E-state index contributed by atoms with van der Waals surface area (Å²) in [5.41, 5.74) is 0.841. The third-order valence-electron chi connectivity index (χ3n) is 2.24. The second-order valence-corrected chi connectivity index (χ2v) is 3.46. The third kappa shape index (κ3) is 2.15. The summed E-state index contributed by atoms with van der Waals surface area (Å²) in [7, 11) is 0. The van der Waals surface area contributed by atoms with E-state index < -0.39 is 0 Å². The number of halogens is 1. The van der Waals surface area contributed by atoms with Crippen molar-refractivity contribution in [3.05, 3.63) is 47.5 Å². The van der Waals surface area contributed by atoms with Gasteiger partial charge in [0.05, 0.1) is 6.54 Å². The quantitative estimate of drug-likeness (QED) is 0.800. The van der Waals surface area contributed by atoms with E-state index in [2.05, 4.69) is 0 Å². The summed E-state index contributed by atoms with van der Waals surface area (Å²) in [6, 6.07) is 5.95. The molecule has 0 bridgehead atoms. The summed E-state index contributed by atoms with van der Waals surface area (Å²) in [6.45, 7) is 0.621. The highest BCUT2D eigenvalue weighted by molar-refractivity contribution is 5.90. The third-order valence-corrected chi connectivity index (χ3v) is 2.24. The molecule has 1 N–H and O–H groups in total. The highest BCUT2D eigenvalue weighted by Gasteiger charge is 2.20. The fourth-order valence-electron chi connectivity index (χ4n) is 1.50. The summed E-state index contributed by atoms with van der Waals surface area (Å²) in [4.78, 5) is 12.8. The minimum Gasteiger partial charge on any atom is -0.510 e. The maximum absolute atomic E-state index is 12.6. The van der Waals surface area contributed by atoms with E-state index >= 15 is 0 Å². The zero-order valence-corrected chi connectivity index (χ0v) is 7.98. The van der Waals surface area contributed by atoms with Crippen LogP contribution >= 0.6 is 0 Å². The number of nitrogens with zero attached hydrogens (tertiary/aromatic N) is 1. The fraction of sp³-hybridized carbons (Fsp3) is 0.182. The number of hydrogen-bond donors (Lipinski definition) is 1.